The van der Waals surface area contributed by atoms with Crippen LogP contribution in [0.25, 0.3) is 11.1 Å². The lowest BCUT2D eigenvalue weighted by atomic mass is 9.95. The largest absolute Gasteiger partial charge is 0.478 e. The number of carboxylic acids is 1. The van der Waals surface area contributed by atoms with Gasteiger partial charge in [0.05, 0.1) is 29.4 Å². The van der Waals surface area contributed by atoms with Gasteiger partial charge in [-0.25, -0.2) is 9.79 Å². The van der Waals surface area contributed by atoms with Crippen LogP contribution < -0.4 is 4.90 Å². The summed E-state index contributed by atoms with van der Waals surface area (Å²) in [5.41, 5.74) is 6.13. The standard InChI is InChI=1S/C30H32N4O4S2/c1-18-16-20(19(2)34(18)28-26(29(36)37)23-6-4-5-7-24(23)39-28)17-25-27(35)32(3)30(40-25)31-21-8-10-22(11-9-21)33-12-14-38-15-13-33/h8-11,16-17H,4-7,12-15H2,1-3H3,(H,36,37)/b25-17-,31-30?. The minimum absolute atomic E-state index is 0.101. The number of hydrogen-bond acceptors (Lipinski definition) is 7. The zero-order valence-electron chi connectivity index (χ0n) is 22.9. The molecule has 1 aliphatic carbocycles. The molecule has 2 fully saturated rings. The molecule has 3 aromatic rings. The Morgan fingerprint density at radius 2 is 1.82 bits per heavy atom. The maximum Gasteiger partial charge on any atom is 0.339 e. The number of carbonyl (C=O) groups excluding carboxylic acids is 1. The molecule has 0 radical (unpaired) electrons. The first-order valence-corrected chi connectivity index (χ1v) is 15.2. The lowest BCUT2D eigenvalue weighted by molar-refractivity contribution is -0.121. The molecule has 8 nitrogen and oxygen atoms in total. The molecule has 2 aromatic heterocycles. The van der Waals surface area contributed by atoms with Crippen LogP contribution in [0, 0.1) is 13.8 Å². The number of aromatic nitrogens is 1. The van der Waals surface area contributed by atoms with Crippen molar-refractivity contribution in [3.05, 3.63) is 68.2 Å². The van der Waals surface area contributed by atoms with Crippen LogP contribution in [0.15, 0.2) is 40.2 Å². The van der Waals surface area contributed by atoms with E-state index < -0.39 is 5.97 Å². The van der Waals surface area contributed by atoms with Crippen LogP contribution in [0.2, 0.25) is 0 Å². The highest BCUT2D eigenvalue weighted by atomic mass is 32.2. The highest BCUT2D eigenvalue weighted by molar-refractivity contribution is 8.18. The summed E-state index contributed by atoms with van der Waals surface area (Å²) in [6.45, 7) is 7.21. The van der Waals surface area contributed by atoms with Gasteiger partial charge in [-0.2, -0.15) is 0 Å². The topological polar surface area (TPSA) is 87.4 Å². The molecular formula is C30H32N4O4S2. The Kier molecular flexibility index (Phi) is 7.33. The number of benzene rings is 1. The van der Waals surface area contributed by atoms with Crippen LogP contribution in [0.5, 0.6) is 0 Å². The Morgan fingerprint density at radius 1 is 1.10 bits per heavy atom. The summed E-state index contributed by atoms with van der Waals surface area (Å²) < 4.78 is 7.48. The lowest BCUT2D eigenvalue weighted by Gasteiger charge is -2.28. The summed E-state index contributed by atoms with van der Waals surface area (Å²) in [5.74, 6) is -0.972. The van der Waals surface area contributed by atoms with Crippen molar-refractivity contribution in [2.75, 3.05) is 38.3 Å². The zero-order chi connectivity index (χ0) is 28.0. The Labute approximate surface area is 242 Å². The van der Waals surface area contributed by atoms with E-state index in [0.717, 1.165) is 90.9 Å². The predicted molar refractivity (Wildman–Crippen MR) is 162 cm³/mol. The SMILES string of the molecule is Cc1cc(/C=C2\SC(=Nc3ccc(N4CCOCC4)cc3)N(C)C2=O)c(C)n1-c1sc2c(c1C(=O)O)CCCC2. The third-order valence-corrected chi connectivity index (χ3v) is 10.1. The highest BCUT2D eigenvalue weighted by Gasteiger charge is 2.32. The molecular weight excluding hydrogens is 544 g/mol. The van der Waals surface area contributed by atoms with Gasteiger partial charge in [0.2, 0.25) is 0 Å². The number of aromatic carboxylic acids is 1. The molecule has 4 heterocycles. The van der Waals surface area contributed by atoms with Gasteiger partial charge in [-0.05, 0) is 98.8 Å². The maximum absolute atomic E-state index is 13.2. The third kappa shape index (κ3) is 4.88. The number of ether oxygens (including phenoxy) is 1. The van der Waals surface area contributed by atoms with E-state index in [1.807, 2.05) is 42.7 Å². The smallest absolute Gasteiger partial charge is 0.339 e. The molecule has 2 saturated heterocycles. The van der Waals surface area contributed by atoms with Gasteiger partial charge >= 0.3 is 5.97 Å². The number of morpholine rings is 1. The van der Waals surface area contributed by atoms with Crippen LogP contribution in [0.3, 0.4) is 0 Å². The van der Waals surface area contributed by atoms with Crippen molar-refractivity contribution in [2.45, 2.75) is 39.5 Å². The first-order chi connectivity index (χ1) is 19.3. The number of thiophene rings is 1. The fraction of sp³-hybridized carbons (Fsp3) is 0.367. The van der Waals surface area contributed by atoms with E-state index in [2.05, 4.69) is 17.0 Å². The van der Waals surface area contributed by atoms with Crippen molar-refractivity contribution in [3.63, 3.8) is 0 Å². The van der Waals surface area contributed by atoms with E-state index in [1.54, 1.807) is 23.3 Å². The molecule has 40 heavy (non-hydrogen) atoms. The minimum atomic E-state index is -0.871. The second kappa shape index (κ2) is 10.9. The summed E-state index contributed by atoms with van der Waals surface area (Å²) in [7, 11) is 1.75. The average molecular weight is 577 g/mol. The van der Waals surface area contributed by atoms with Crippen LogP contribution in [0.4, 0.5) is 11.4 Å². The third-order valence-electron chi connectivity index (χ3n) is 7.78. The fourth-order valence-corrected chi connectivity index (χ4v) is 8.11. The van der Waals surface area contributed by atoms with E-state index >= 15 is 0 Å². The highest BCUT2D eigenvalue weighted by Crippen LogP contribution is 2.40. The summed E-state index contributed by atoms with van der Waals surface area (Å²) in [6.07, 6.45) is 5.78. The van der Waals surface area contributed by atoms with Crippen LogP contribution >= 0.6 is 23.1 Å². The molecule has 208 valence electrons. The number of thioether (sulfide) groups is 1. The number of carboxylic acid groups (broad SMARTS) is 1. The van der Waals surface area contributed by atoms with E-state index in [9.17, 15) is 14.7 Å². The Bertz CT molecular complexity index is 1540. The Morgan fingerprint density at radius 3 is 2.55 bits per heavy atom. The summed E-state index contributed by atoms with van der Waals surface area (Å²) in [5, 5.41) is 11.5. The normalized spacial score (nSPS) is 19.6. The summed E-state index contributed by atoms with van der Waals surface area (Å²) in [4.78, 5) is 35.9. The molecule has 0 atom stereocenters. The van der Waals surface area contributed by atoms with Gasteiger partial charge < -0.3 is 19.3 Å². The second-order valence-corrected chi connectivity index (χ2v) is 12.4. The summed E-state index contributed by atoms with van der Waals surface area (Å²) >= 11 is 2.95. The van der Waals surface area contributed by atoms with Crippen molar-refractivity contribution in [1.82, 2.24) is 9.47 Å². The van der Waals surface area contributed by atoms with E-state index in [4.69, 9.17) is 9.73 Å². The number of fused-ring (bicyclic) bond motifs is 1. The monoisotopic (exact) mass is 576 g/mol. The van der Waals surface area contributed by atoms with Crippen molar-refractivity contribution >= 4 is 57.6 Å². The fourth-order valence-electron chi connectivity index (χ4n) is 5.64. The number of rotatable bonds is 5. The number of carbonyl (C=O) groups is 2. The van der Waals surface area contributed by atoms with Crippen LogP contribution in [-0.4, -0.2) is 65.0 Å². The number of aliphatic imine (C=N–C) groups is 1. The van der Waals surface area contributed by atoms with Crippen molar-refractivity contribution in [3.8, 4) is 5.00 Å². The first kappa shape index (κ1) is 26.9. The number of amidine groups is 1. The lowest BCUT2D eigenvalue weighted by Crippen LogP contribution is -2.36. The molecule has 3 aliphatic rings. The van der Waals surface area contributed by atoms with Crippen molar-refractivity contribution in [1.29, 1.82) is 0 Å². The van der Waals surface area contributed by atoms with Crippen molar-refractivity contribution < 1.29 is 19.4 Å². The number of nitrogens with zero attached hydrogens (tertiary/aromatic N) is 4. The number of aryl methyl sites for hydroxylation is 2. The number of hydrogen-bond donors (Lipinski definition) is 1. The Balaban J connectivity index is 1.28. The molecule has 0 saturated carbocycles. The second-order valence-electron chi connectivity index (χ2n) is 10.3. The molecule has 0 unspecified atom stereocenters. The molecule has 0 bridgehead atoms. The maximum atomic E-state index is 13.2. The van der Waals surface area contributed by atoms with Gasteiger partial charge in [0.25, 0.3) is 5.91 Å². The molecule has 1 N–H and O–H groups in total. The summed E-state index contributed by atoms with van der Waals surface area (Å²) in [6, 6.07) is 10.1. The molecule has 1 amide bonds. The van der Waals surface area contributed by atoms with E-state index in [1.165, 1.54) is 16.6 Å². The quantitative estimate of drug-likeness (QED) is 0.386. The molecule has 10 heteroatoms. The van der Waals surface area contributed by atoms with Gasteiger partial charge in [0, 0.05) is 42.1 Å². The average Bonchev–Trinajstić information content (AvgIpc) is 3.56. The van der Waals surface area contributed by atoms with Gasteiger partial charge in [0.15, 0.2) is 5.17 Å². The number of anilines is 1. The predicted octanol–water partition coefficient (Wildman–Crippen LogP) is 5.80. The molecule has 6 rings (SSSR count). The first-order valence-electron chi connectivity index (χ1n) is 13.6. The Hall–Kier alpha value is -3.34. The van der Waals surface area contributed by atoms with Gasteiger partial charge in [-0.15, -0.1) is 11.3 Å². The van der Waals surface area contributed by atoms with Crippen LogP contribution in [0.1, 0.15) is 50.6 Å². The van der Waals surface area contributed by atoms with Crippen LogP contribution in [-0.2, 0) is 22.4 Å². The molecule has 0 spiro atoms. The van der Waals surface area contributed by atoms with Gasteiger partial charge in [-0.3, -0.25) is 9.69 Å². The van der Waals surface area contributed by atoms with Gasteiger partial charge in [-0.1, -0.05) is 0 Å². The number of amides is 1. The number of likely N-dealkylation sites (N-methyl/N-ethyl adjacent to an activating group) is 1. The minimum Gasteiger partial charge on any atom is -0.478 e. The molecule has 1 aromatic carbocycles. The van der Waals surface area contributed by atoms with Gasteiger partial charge in [0.1, 0.15) is 5.00 Å². The molecule has 2 aliphatic heterocycles. The van der Waals surface area contributed by atoms with E-state index in [-0.39, 0.29) is 5.91 Å². The van der Waals surface area contributed by atoms with Crippen molar-refractivity contribution in [2.24, 2.45) is 4.99 Å². The van der Waals surface area contributed by atoms with E-state index in [0.29, 0.717) is 15.6 Å². The zero-order valence-corrected chi connectivity index (χ0v) is 24.5.